The molecule has 0 unspecified atom stereocenters. The van der Waals surface area contributed by atoms with Gasteiger partial charge in [-0.25, -0.2) is 9.97 Å². The lowest BCUT2D eigenvalue weighted by Gasteiger charge is -2.27. The first-order chi connectivity index (χ1) is 21.3. The van der Waals surface area contributed by atoms with Crippen LogP contribution in [0.25, 0.3) is 22.3 Å². The Morgan fingerprint density at radius 3 is 2.48 bits per heavy atom. The van der Waals surface area contributed by atoms with Crippen LogP contribution < -0.4 is 16.4 Å². The molecule has 2 aromatic heterocycles. The maximum absolute atomic E-state index is 13.2. The second-order valence-corrected chi connectivity index (χ2v) is 10.7. The molecule has 3 aromatic rings. The summed E-state index contributed by atoms with van der Waals surface area (Å²) in [6.45, 7) is 6.12. The summed E-state index contributed by atoms with van der Waals surface area (Å²) >= 11 is 0. The number of aldehydes is 1. The lowest BCUT2D eigenvalue weighted by Crippen LogP contribution is -2.27. The maximum atomic E-state index is 13.2. The maximum Gasteiger partial charge on any atom is 0.261 e. The smallest absolute Gasteiger partial charge is 0.261 e. The van der Waals surface area contributed by atoms with E-state index in [0.717, 1.165) is 24.0 Å². The molecule has 10 heteroatoms. The number of aryl methyl sites for hydroxylation is 1. The molecule has 1 aliphatic rings. The lowest BCUT2D eigenvalue weighted by atomic mass is 9.99. The van der Waals surface area contributed by atoms with E-state index in [0.29, 0.717) is 60.0 Å². The molecule has 1 saturated heterocycles. The van der Waals surface area contributed by atoms with Crippen molar-refractivity contribution >= 4 is 41.2 Å². The zero-order chi connectivity index (χ0) is 31.5. The van der Waals surface area contributed by atoms with Crippen molar-refractivity contribution < 1.29 is 14.3 Å². The van der Waals surface area contributed by atoms with Gasteiger partial charge in [-0.1, -0.05) is 29.8 Å². The molecule has 0 aliphatic carbocycles. The average molecular weight is 594 g/mol. The predicted octanol–water partition coefficient (Wildman–Crippen LogP) is 5.05. The summed E-state index contributed by atoms with van der Waals surface area (Å²) in [6, 6.07) is 13.5. The van der Waals surface area contributed by atoms with E-state index in [1.54, 1.807) is 44.0 Å². The number of nitrogens with zero attached hydrogens (tertiary/aromatic N) is 3. The Hall–Kier alpha value is -5.09. The van der Waals surface area contributed by atoms with Crippen molar-refractivity contribution in [1.82, 2.24) is 20.2 Å². The Kier molecular flexibility index (Phi) is 11.1. The van der Waals surface area contributed by atoms with Gasteiger partial charge in [-0.05, 0) is 61.9 Å². The van der Waals surface area contributed by atoms with Gasteiger partial charge in [0.2, 0.25) is 0 Å². The van der Waals surface area contributed by atoms with Crippen molar-refractivity contribution in [2.75, 3.05) is 37.9 Å². The molecule has 44 heavy (non-hydrogen) atoms. The van der Waals surface area contributed by atoms with Crippen molar-refractivity contribution in [3.8, 4) is 11.1 Å². The normalized spacial score (nSPS) is 14.6. The summed E-state index contributed by atoms with van der Waals surface area (Å²) in [7, 11) is 1.75. The molecular formula is C34H39N7O3. The van der Waals surface area contributed by atoms with Crippen molar-refractivity contribution in [3.63, 3.8) is 0 Å². The molecule has 1 aliphatic heterocycles. The molecular weight excluding hydrogens is 554 g/mol. The fourth-order valence-electron chi connectivity index (χ4n) is 4.87. The third-order valence-electron chi connectivity index (χ3n) is 7.39. The Bertz CT molecular complexity index is 1550. The van der Waals surface area contributed by atoms with Gasteiger partial charge in [0.05, 0.1) is 5.57 Å². The van der Waals surface area contributed by atoms with Gasteiger partial charge in [-0.2, -0.15) is 0 Å². The third-order valence-corrected chi connectivity index (χ3v) is 7.39. The van der Waals surface area contributed by atoms with Crippen LogP contribution in [0, 0.1) is 18.3 Å². The minimum Gasteiger partial charge on any atom is -0.393 e. The third kappa shape index (κ3) is 8.48. The minimum absolute atomic E-state index is 0.0208. The van der Waals surface area contributed by atoms with Crippen LogP contribution in [-0.4, -0.2) is 60.1 Å². The highest BCUT2D eigenvalue weighted by Gasteiger charge is 2.18. The van der Waals surface area contributed by atoms with E-state index >= 15 is 0 Å². The largest absolute Gasteiger partial charge is 0.393 e. The summed E-state index contributed by atoms with van der Waals surface area (Å²) < 4.78 is 5.52. The Labute approximate surface area is 258 Å². The van der Waals surface area contributed by atoms with Crippen LogP contribution in [0.1, 0.15) is 36.5 Å². The van der Waals surface area contributed by atoms with E-state index in [-0.39, 0.29) is 11.4 Å². The molecule has 3 heterocycles. The first-order valence-electron chi connectivity index (χ1n) is 14.5. The van der Waals surface area contributed by atoms with Gasteiger partial charge < -0.3 is 31.4 Å². The van der Waals surface area contributed by atoms with Gasteiger partial charge >= 0.3 is 0 Å². The van der Waals surface area contributed by atoms with E-state index in [1.165, 1.54) is 11.8 Å². The van der Waals surface area contributed by atoms with E-state index in [2.05, 4.69) is 44.9 Å². The van der Waals surface area contributed by atoms with Gasteiger partial charge in [0, 0.05) is 86.3 Å². The molecule has 0 bridgehead atoms. The first kappa shape index (κ1) is 31.8. The summed E-state index contributed by atoms with van der Waals surface area (Å²) in [5, 5.41) is 13.3. The van der Waals surface area contributed by atoms with Crippen LogP contribution in [0.2, 0.25) is 0 Å². The number of hydrogen-bond acceptors (Lipinski definition) is 9. The van der Waals surface area contributed by atoms with Crippen molar-refractivity contribution in [2.45, 2.75) is 26.7 Å². The number of aromatic nitrogens is 2. The van der Waals surface area contributed by atoms with E-state index in [9.17, 15) is 9.59 Å². The minimum atomic E-state index is -0.561. The molecule has 1 fully saturated rings. The van der Waals surface area contributed by atoms with E-state index < -0.39 is 5.91 Å². The highest BCUT2D eigenvalue weighted by Crippen LogP contribution is 2.28. The molecule has 0 atom stereocenters. The molecule has 4 rings (SSSR count). The molecule has 1 amide bonds. The average Bonchev–Trinajstić information content (AvgIpc) is 3.04. The van der Waals surface area contributed by atoms with Gasteiger partial charge in [-0.15, -0.1) is 0 Å². The number of hydrogen-bond donors (Lipinski definition) is 4. The lowest BCUT2D eigenvalue weighted by molar-refractivity contribution is -0.115. The number of nitrogen functional groups attached to an aromatic ring is 1. The van der Waals surface area contributed by atoms with Crippen LogP contribution in [0.5, 0.6) is 0 Å². The molecule has 228 valence electrons. The van der Waals surface area contributed by atoms with Gasteiger partial charge in [0.1, 0.15) is 11.6 Å². The highest BCUT2D eigenvalue weighted by atomic mass is 16.5. The van der Waals surface area contributed by atoms with Gasteiger partial charge in [0.15, 0.2) is 6.29 Å². The van der Waals surface area contributed by atoms with Crippen LogP contribution in [-0.2, 0) is 14.3 Å². The highest BCUT2D eigenvalue weighted by molar-refractivity contribution is 6.16. The monoisotopic (exact) mass is 593 g/mol. The SMILES string of the molecule is CN/C=C(\C=N)c1cnc(N)c(-c2ccc(NC(=O)/C(C=O)=C/N(/C=C(\C)c3ccc(C)cc3)CC3CCOCC3)nc2)c1. The number of allylic oxidation sites excluding steroid dienone is 2. The number of amides is 1. The molecule has 0 radical (unpaired) electrons. The van der Waals surface area contributed by atoms with Gasteiger partial charge in [0.25, 0.3) is 5.91 Å². The number of pyridine rings is 2. The number of carbonyl (C=O) groups is 2. The van der Waals surface area contributed by atoms with Crippen LogP contribution in [0.15, 0.2) is 79.0 Å². The fourth-order valence-corrected chi connectivity index (χ4v) is 4.87. The molecule has 5 N–H and O–H groups in total. The number of nitrogens with two attached hydrogens (primary N) is 1. The first-order valence-corrected chi connectivity index (χ1v) is 14.5. The summed E-state index contributed by atoms with van der Waals surface area (Å²) in [5.74, 6) is 0.406. The zero-order valence-corrected chi connectivity index (χ0v) is 25.3. The van der Waals surface area contributed by atoms with Gasteiger partial charge in [-0.3, -0.25) is 9.59 Å². The number of ether oxygens (including phenoxy) is 1. The number of benzene rings is 1. The number of carbonyl (C=O) groups excluding carboxylic acids is 2. The van der Waals surface area contributed by atoms with E-state index in [1.807, 2.05) is 31.0 Å². The molecule has 0 spiro atoms. The van der Waals surface area contributed by atoms with Crippen molar-refractivity contribution in [1.29, 1.82) is 5.41 Å². The topological polar surface area (TPSA) is 146 Å². The Morgan fingerprint density at radius 2 is 1.84 bits per heavy atom. The molecule has 0 saturated carbocycles. The number of anilines is 2. The van der Waals surface area contributed by atoms with E-state index in [4.69, 9.17) is 15.9 Å². The Morgan fingerprint density at radius 1 is 1.09 bits per heavy atom. The number of nitrogens with one attached hydrogen (secondary N) is 3. The molecule has 1 aromatic carbocycles. The molecule has 10 nitrogen and oxygen atoms in total. The standard InChI is InChI=1S/C34H39N7O3/c1-23-4-6-26(7-5-23)24(2)19-41(20-25-10-12-44-13-11-25)21-30(22-42)34(43)40-32-9-8-27(17-38-32)31-14-28(18-39-33(31)36)29(15-35)16-37-3/h4-9,14-19,21-22,25,35,37H,10-13,20H2,1-3H3,(H2,36,39)(H,38,40,43)/b24-19+,29-16+,30-21+,35-15?. The summed E-state index contributed by atoms with van der Waals surface area (Å²) in [6.07, 6.45) is 12.1. The van der Waals surface area contributed by atoms with Crippen molar-refractivity contribution in [2.24, 2.45) is 5.92 Å². The van der Waals surface area contributed by atoms with Crippen molar-refractivity contribution in [3.05, 3.63) is 95.7 Å². The quantitative estimate of drug-likeness (QED) is 0.0750. The summed E-state index contributed by atoms with van der Waals surface area (Å²) in [4.78, 5) is 35.9. The zero-order valence-electron chi connectivity index (χ0n) is 25.3. The second-order valence-electron chi connectivity index (χ2n) is 10.7. The number of rotatable bonds is 12. The fraction of sp³-hybridized carbons (Fsp3) is 0.265. The van der Waals surface area contributed by atoms with Crippen LogP contribution in [0.4, 0.5) is 11.6 Å². The summed E-state index contributed by atoms with van der Waals surface area (Å²) in [5.41, 5.74) is 12.1. The van der Waals surface area contributed by atoms with Crippen LogP contribution >= 0.6 is 0 Å². The Balaban J connectivity index is 1.54. The van der Waals surface area contributed by atoms with Crippen LogP contribution in [0.3, 0.4) is 0 Å². The predicted molar refractivity (Wildman–Crippen MR) is 176 cm³/mol. The second kappa shape index (κ2) is 15.4.